The number of hydrogen-bond acceptors (Lipinski definition) is 7. The highest BCUT2D eigenvalue weighted by Crippen LogP contribution is 2.24. The van der Waals surface area contributed by atoms with E-state index < -0.39 is 11.2 Å². The molecule has 0 N–H and O–H groups in total. The zero-order valence-corrected chi connectivity index (χ0v) is 23.6. The first-order valence-electron chi connectivity index (χ1n) is 13.4. The lowest BCUT2D eigenvalue weighted by molar-refractivity contribution is -0.163. The van der Waals surface area contributed by atoms with Crippen LogP contribution in [0.15, 0.2) is 46.2 Å². The molecule has 4 aromatic rings. The van der Waals surface area contributed by atoms with Gasteiger partial charge in [-0.25, -0.2) is 14.8 Å². The second kappa shape index (κ2) is 13.1. The minimum Gasteiger partial charge on any atom is -0.353 e. The summed E-state index contributed by atoms with van der Waals surface area (Å²) in [5, 5.41) is 0.620. The van der Waals surface area contributed by atoms with Gasteiger partial charge in [0, 0.05) is 44.2 Å². The summed E-state index contributed by atoms with van der Waals surface area (Å²) in [6, 6.07) is 7.39. The van der Waals surface area contributed by atoms with Gasteiger partial charge in [0.15, 0.2) is 23.3 Å². The van der Waals surface area contributed by atoms with E-state index in [9.17, 15) is 9.59 Å². The molecule has 4 heterocycles. The van der Waals surface area contributed by atoms with Gasteiger partial charge in [-0.15, -0.1) is 0 Å². The van der Waals surface area contributed by atoms with Gasteiger partial charge in [-0.3, -0.25) is 18.9 Å². The summed E-state index contributed by atoms with van der Waals surface area (Å²) in [6.07, 6.45) is 6.46. The zero-order valence-electron chi connectivity index (χ0n) is 22.9. The molecule has 0 spiro atoms. The van der Waals surface area contributed by atoms with Crippen LogP contribution < -0.4 is 11.2 Å². The number of fused-ring (bicyclic) bond motifs is 1. The third-order valence-electron chi connectivity index (χ3n) is 6.55. The van der Waals surface area contributed by atoms with Gasteiger partial charge in [0.2, 0.25) is 0 Å². The summed E-state index contributed by atoms with van der Waals surface area (Å²) in [5.41, 5.74) is 1.94. The molecule has 0 bridgehead atoms. The van der Waals surface area contributed by atoms with Crippen molar-refractivity contribution in [2.24, 2.45) is 7.05 Å². The standard InChI is InChI=1S/C26H29ClN6O4.C2H6/c1-17-21(29-12-11-28-17)23-30-24-22(33(23)16-18-7-9-19(27)10-8-18)25(34)32(26(35)31(24)2)13-5-15-37-20-6-3-4-14-36-20;1-2/h7-12,20H,3-6,13-16H2,1-2H3;1-2H3. The van der Waals surface area contributed by atoms with Crippen LogP contribution in [0.1, 0.15) is 50.8 Å². The maximum absolute atomic E-state index is 13.8. The first kappa shape index (κ1) is 28.7. The van der Waals surface area contributed by atoms with Crippen LogP contribution in [-0.4, -0.2) is 48.2 Å². The largest absolute Gasteiger partial charge is 0.353 e. The molecule has 1 saturated heterocycles. The lowest BCUT2D eigenvalue weighted by Crippen LogP contribution is -2.40. The Kier molecular flexibility index (Phi) is 9.66. The maximum Gasteiger partial charge on any atom is 0.332 e. The third kappa shape index (κ3) is 6.29. The van der Waals surface area contributed by atoms with Gasteiger partial charge in [0.1, 0.15) is 5.69 Å². The van der Waals surface area contributed by atoms with Crippen LogP contribution in [0.25, 0.3) is 22.7 Å². The predicted octanol–water partition coefficient (Wildman–Crippen LogP) is 4.32. The van der Waals surface area contributed by atoms with Crippen molar-refractivity contribution in [1.29, 1.82) is 0 Å². The number of rotatable bonds is 8. The first-order valence-corrected chi connectivity index (χ1v) is 13.8. The van der Waals surface area contributed by atoms with Gasteiger partial charge >= 0.3 is 5.69 Å². The van der Waals surface area contributed by atoms with Crippen LogP contribution in [0, 0.1) is 6.92 Å². The van der Waals surface area contributed by atoms with Crippen molar-refractivity contribution in [1.82, 2.24) is 28.7 Å². The lowest BCUT2D eigenvalue weighted by atomic mass is 10.2. The van der Waals surface area contributed by atoms with Crippen LogP contribution in [0.4, 0.5) is 0 Å². The second-order valence-electron chi connectivity index (χ2n) is 9.13. The topological polar surface area (TPSA) is 106 Å². The fourth-order valence-electron chi connectivity index (χ4n) is 4.58. The molecule has 208 valence electrons. The highest BCUT2D eigenvalue weighted by atomic mass is 35.5. The molecule has 1 unspecified atom stereocenters. The average molecular weight is 555 g/mol. The van der Waals surface area contributed by atoms with Crippen molar-refractivity contribution in [2.45, 2.75) is 65.8 Å². The van der Waals surface area contributed by atoms with E-state index in [0.717, 1.165) is 24.8 Å². The average Bonchev–Trinajstić information content (AvgIpc) is 3.33. The van der Waals surface area contributed by atoms with Crippen LogP contribution in [0.3, 0.4) is 0 Å². The minimum atomic E-state index is -0.426. The van der Waals surface area contributed by atoms with Gasteiger partial charge in [0.05, 0.1) is 12.3 Å². The molecule has 1 aliphatic rings. The number of aryl methyl sites for hydroxylation is 2. The zero-order chi connectivity index (χ0) is 27.9. The number of imidazole rings is 1. The summed E-state index contributed by atoms with van der Waals surface area (Å²) in [4.78, 5) is 40.5. The molecule has 1 aliphatic heterocycles. The van der Waals surface area contributed by atoms with Crippen LogP contribution in [0.2, 0.25) is 5.02 Å². The molecule has 3 aromatic heterocycles. The Hall–Kier alpha value is -3.34. The molecule has 39 heavy (non-hydrogen) atoms. The number of halogens is 1. The van der Waals surface area contributed by atoms with E-state index in [-0.39, 0.29) is 12.8 Å². The van der Waals surface area contributed by atoms with Gasteiger partial charge < -0.3 is 14.0 Å². The van der Waals surface area contributed by atoms with Gasteiger partial charge in [0.25, 0.3) is 5.56 Å². The number of benzene rings is 1. The SMILES string of the molecule is CC.Cc1nccnc1-c1nc2c(c(=O)n(CCCOC3CCCCO3)c(=O)n2C)n1Cc1ccc(Cl)cc1. The summed E-state index contributed by atoms with van der Waals surface area (Å²) in [5.74, 6) is 0.471. The normalized spacial score (nSPS) is 15.3. The van der Waals surface area contributed by atoms with Crippen LogP contribution in [-0.2, 0) is 29.6 Å². The second-order valence-corrected chi connectivity index (χ2v) is 9.57. The van der Waals surface area contributed by atoms with Crippen molar-refractivity contribution < 1.29 is 9.47 Å². The van der Waals surface area contributed by atoms with E-state index in [1.54, 1.807) is 36.1 Å². The maximum atomic E-state index is 13.8. The minimum absolute atomic E-state index is 0.214. The Morgan fingerprint density at radius 1 is 1.08 bits per heavy atom. The quantitative estimate of drug-likeness (QED) is 0.298. The van der Waals surface area contributed by atoms with E-state index >= 15 is 0 Å². The number of nitrogens with zero attached hydrogens (tertiary/aromatic N) is 6. The van der Waals surface area contributed by atoms with Gasteiger partial charge in [-0.2, -0.15) is 0 Å². The van der Waals surface area contributed by atoms with E-state index in [4.69, 9.17) is 26.1 Å². The molecule has 11 heteroatoms. The lowest BCUT2D eigenvalue weighted by Gasteiger charge is -2.22. The number of aromatic nitrogens is 6. The van der Waals surface area contributed by atoms with E-state index in [0.29, 0.717) is 59.6 Å². The molecule has 0 aliphatic carbocycles. The summed E-state index contributed by atoms with van der Waals surface area (Å²) in [6.45, 7) is 7.50. The van der Waals surface area contributed by atoms with Crippen LogP contribution in [0.5, 0.6) is 0 Å². The van der Waals surface area contributed by atoms with Crippen LogP contribution >= 0.6 is 11.6 Å². The summed E-state index contributed by atoms with van der Waals surface area (Å²) < 4.78 is 15.9. The molecule has 0 saturated carbocycles. The van der Waals surface area contributed by atoms with Gasteiger partial charge in [-0.05, 0) is 50.3 Å². The molecular formula is C28H35ClN6O4. The fourth-order valence-corrected chi connectivity index (χ4v) is 4.71. The molecule has 1 aromatic carbocycles. The Morgan fingerprint density at radius 2 is 1.82 bits per heavy atom. The van der Waals surface area contributed by atoms with E-state index in [1.807, 2.05) is 32.9 Å². The van der Waals surface area contributed by atoms with Crippen molar-refractivity contribution in [3.8, 4) is 11.5 Å². The first-order chi connectivity index (χ1) is 18.9. The fraction of sp³-hybridized carbons (Fsp3) is 0.464. The molecule has 1 atom stereocenters. The van der Waals surface area contributed by atoms with E-state index in [1.165, 1.54) is 9.13 Å². The highest BCUT2D eigenvalue weighted by Gasteiger charge is 2.23. The Morgan fingerprint density at radius 3 is 2.51 bits per heavy atom. The van der Waals surface area contributed by atoms with Crippen molar-refractivity contribution >= 4 is 22.8 Å². The van der Waals surface area contributed by atoms with Crippen molar-refractivity contribution in [3.63, 3.8) is 0 Å². The molecule has 0 radical (unpaired) electrons. The van der Waals surface area contributed by atoms with Crippen molar-refractivity contribution in [3.05, 3.63) is 73.8 Å². The summed E-state index contributed by atoms with van der Waals surface area (Å²) in [7, 11) is 1.62. The number of ether oxygens (including phenoxy) is 2. The molecule has 10 nitrogen and oxygen atoms in total. The third-order valence-corrected chi connectivity index (χ3v) is 6.80. The Labute approximate surface area is 232 Å². The molecule has 1 fully saturated rings. The monoisotopic (exact) mass is 554 g/mol. The number of hydrogen-bond donors (Lipinski definition) is 0. The van der Waals surface area contributed by atoms with E-state index in [2.05, 4.69) is 9.97 Å². The Bertz CT molecular complexity index is 1520. The van der Waals surface area contributed by atoms with Gasteiger partial charge in [-0.1, -0.05) is 37.6 Å². The molecule has 0 amide bonds. The van der Waals surface area contributed by atoms with Crippen molar-refractivity contribution in [2.75, 3.05) is 13.2 Å². The molecule has 5 rings (SSSR count). The predicted molar refractivity (Wildman–Crippen MR) is 151 cm³/mol. The highest BCUT2D eigenvalue weighted by molar-refractivity contribution is 6.30. The summed E-state index contributed by atoms with van der Waals surface area (Å²) >= 11 is 6.08. The molecular weight excluding hydrogens is 520 g/mol. The smallest absolute Gasteiger partial charge is 0.332 e. The Balaban J connectivity index is 0.00000172.